The summed E-state index contributed by atoms with van der Waals surface area (Å²) in [4.78, 5) is 4.06. The predicted octanol–water partition coefficient (Wildman–Crippen LogP) is 2.02. The van der Waals surface area contributed by atoms with Crippen molar-refractivity contribution >= 4 is 0 Å². The van der Waals surface area contributed by atoms with E-state index in [4.69, 9.17) is 5.11 Å². The lowest BCUT2D eigenvalue weighted by Gasteiger charge is -2.30. The highest BCUT2D eigenvalue weighted by molar-refractivity contribution is 5.22. The van der Waals surface area contributed by atoms with Gasteiger partial charge in [-0.15, -0.1) is 0 Å². The largest absolute Gasteiger partial charge is 0.393 e. The van der Waals surface area contributed by atoms with Gasteiger partial charge >= 0.3 is 0 Å². The fraction of sp³-hybridized carbons (Fsp3) is 0.545. The number of hydrogen-bond donors (Lipinski definition) is 1. The van der Waals surface area contributed by atoms with Crippen molar-refractivity contribution in [2.24, 2.45) is 0 Å². The summed E-state index contributed by atoms with van der Waals surface area (Å²) < 4.78 is 13.1. The lowest BCUT2D eigenvalue weighted by molar-refractivity contribution is 0.0731. The average Bonchev–Trinajstić information content (AvgIpc) is 2.14. The molecule has 0 saturated heterocycles. The molecular weight excluding hydrogens is 181 g/mol. The zero-order chi connectivity index (χ0) is 10.1. The van der Waals surface area contributed by atoms with Crippen LogP contribution < -0.4 is 0 Å². The molecule has 3 heteroatoms. The van der Waals surface area contributed by atoms with Crippen LogP contribution >= 0.6 is 0 Å². The number of aliphatic hydroxyl groups is 1. The summed E-state index contributed by atoms with van der Waals surface area (Å²) >= 11 is 0. The van der Waals surface area contributed by atoms with Crippen molar-refractivity contribution in [2.45, 2.75) is 38.2 Å². The van der Waals surface area contributed by atoms with E-state index in [1.165, 1.54) is 6.20 Å². The predicted molar refractivity (Wildman–Crippen MR) is 51.6 cm³/mol. The molecule has 1 aromatic heterocycles. The minimum absolute atomic E-state index is 0.183. The van der Waals surface area contributed by atoms with E-state index in [2.05, 4.69) is 4.98 Å². The number of aromatic nitrogens is 1. The molecule has 0 amide bonds. The van der Waals surface area contributed by atoms with Crippen LogP contribution in [0.1, 0.15) is 36.9 Å². The molecule has 0 bridgehead atoms. The van der Waals surface area contributed by atoms with Gasteiger partial charge in [0.1, 0.15) is 5.82 Å². The van der Waals surface area contributed by atoms with Gasteiger partial charge in [0, 0.05) is 11.6 Å². The maximum absolute atomic E-state index is 13.1. The van der Waals surface area contributed by atoms with Crippen molar-refractivity contribution in [1.29, 1.82) is 0 Å². The van der Waals surface area contributed by atoms with Crippen LogP contribution in [0.3, 0.4) is 0 Å². The molecule has 1 aliphatic rings. The van der Waals surface area contributed by atoms with Crippen molar-refractivity contribution in [1.82, 2.24) is 4.98 Å². The van der Waals surface area contributed by atoms with Gasteiger partial charge in [-0.05, 0) is 30.9 Å². The molecule has 1 heterocycles. The Morgan fingerprint density at radius 2 is 2.29 bits per heavy atom. The number of halogens is 1. The maximum atomic E-state index is 13.1. The summed E-state index contributed by atoms with van der Waals surface area (Å²) in [7, 11) is 0. The Balaban J connectivity index is 2.19. The number of aryl methyl sites for hydroxylation is 1. The number of rotatable bonds is 2. The second-order valence-corrected chi connectivity index (χ2v) is 3.88. The first kappa shape index (κ1) is 9.59. The Morgan fingerprint density at radius 1 is 1.57 bits per heavy atom. The van der Waals surface area contributed by atoms with Crippen LogP contribution in [0, 0.1) is 5.82 Å². The highest BCUT2D eigenvalue weighted by atomic mass is 19.1. The quantitative estimate of drug-likeness (QED) is 0.783. The second kappa shape index (κ2) is 3.65. The van der Waals surface area contributed by atoms with Crippen LogP contribution in [0.2, 0.25) is 0 Å². The van der Waals surface area contributed by atoms with E-state index in [9.17, 15) is 4.39 Å². The van der Waals surface area contributed by atoms with E-state index in [-0.39, 0.29) is 11.9 Å². The third kappa shape index (κ3) is 1.64. The first-order chi connectivity index (χ1) is 6.70. The first-order valence-corrected chi connectivity index (χ1v) is 5.03. The van der Waals surface area contributed by atoms with Gasteiger partial charge in [-0.3, -0.25) is 4.98 Å². The number of nitrogens with zero attached hydrogens (tertiary/aromatic N) is 1. The van der Waals surface area contributed by atoms with Gasteiger partial charge in [-0.2, -0.15) is 0 Å². The van der Waals surface area contributed by atoms with E-state index in [1.807, 2.05) is 13.0 Å². The van der Waals surface area contributed by atoms with E-state index >= 15 is 0 Å². The van der Waals surface area contributed by atoms with E-state index in [0.29, 0.717) is 12.3 Å². The summed E-state index contributed by atoms with van der Waals surface area (Å²) in [5.74, 6) is 0.104. The fourth-order valence-electron chi connectivity index (χ4n) is 1.82. The lowest BCUT2D eigenvalue weighted by Crippen LogP contribution is -2.27. The molecule has 2 rings (SSSR count). The third-order valence-corrected chi connectivity index (χ3v) is 2.87. The normalized spacial score (nSPS) is 25.9. The Hall–Kier alpha value is -0.960. The van der Waals surface area contributed by atoms with Crippen LogP contribution in [0.4, 0.5) is 4.39 Å². The van der Waals surface area contributed by atoms with Gasteiger partial charge in [0.05, 0.1) is 12.3 Å². The number of hydrogen-bond acceptors (Lipinski definition) is 2. The molecule has 0 unspecified atom stereocenters. The summed E-state index contributed by atoms with van der Waals surface area (Å²) in [6, 6.07) is 1.83. The molecule has 76 valence electrons. The summed E-state index contributed by atoms with van der Waals surface area (Å²) in [6.07, 6.45) is 3.33. The molecule has 0 radical (unpaired) electrons. The summed E-state index contributed by atoms with van der Waals surface area (Å²) in [6.45, 7) is 1.93. The minimum atomic E-state index is -0.226. The van der Waals surface area contributed by atoms with E-state index < -0.39 is 0 Å². The van der Waals surface area contributed by atoms with Gasteiger partial charge in [-0.1, -0.05) is 6.92 Å². The minimum Gasteiger partial charge on any atom is -0.393 e. The van der Waals surface area contributed by atoms with Gasteiger partial charge < -0.3 is 5.11 Å². The lowest BCUT2D eigenvalue weighted by atomic mass is 9.79. The molecule has 2 nitrogen and oxygen atoms in total. The van der Waals surface area contributed by atoms with Crippen LogP contribution in [-0.2, 0) is 6.42 Å². The molecular formula is C11H14FNO. The van der Waals surface area contributed by atoms with E-state index in [1.54, 1.807) is 0 Å². The fourth-order valence-corrected chi connectivity index (χ4v) is 1.82. The summed E-state index contributed by atoms with van der Waals surface area (Å²) in [5, 5.41) is 9.16. The van der Waals surface area contributed by atoms with Crippen molar-refractivity contribution in [3.63, 3.8) is 0 Å². The molecule has 1 aromatic rings. The number of aliphatic hydroxyl groups excluding tert-OH is 1. The summed E-state index contributed by atoms with van der Waals surface area (Å²) in [5.41, 5.74) is 1.64. The maximum Gasteiger partial charge on any atom is 0.144 e. The first-order valence-electron chi connectivity index (χ1n) is 5.03. The van der Waals surface area contributed by atoms with Crippen LogP contribution in [0.15, 0.2) is 12.3 Å². The molecule has 0 aromatic carbocycles. The molecule has 0 spiro atoms. The smallest absolute Gasteiger partial charge is 0.144 e. The Bertz CT molecular complexity index is 334. The SMILES string of the molecule is CCc1cc(C2CC(O)C2)ncc1F. The average molecular weight is 195 g/mol. The number of pyridine rings is 1. The second-order valence-electron chi connectivity index (χ2n) is 3.88. The molecule has 14 heavy (non-hydrogen) atoms. The molecule has 0 aliphatic heterocycles. The zero-order valence-corrected chi connectivity index (χ0v) is 8.20. The zero-order valence-electron chi connectivity index (χ0n) is 8.20. The molecule has 0 atom stereocenters. The topological polar surface area (TPSA) is 33.1 Å². The monoisotopic (exact) mass is 195 g/mol. The van der Waals surface area contributed by atoms with Gasteiger partial charge in [0.25, 0.3) is 0 Å². The standard InChI is InChI=1S/C11H14FNO/c1-2-7-5-11(13-6-10(7)12)8-3-9(14)4-8/h5-6,8-9,14H,2-4H2,1H3. The Labute approximate surface area is 82.8 Å². The van der Waals surface area contributed by atoms with Gasteiger partial charge in [-0.25, -0.2) is 4.39 Å². The van der Waals surface area contributed by atoms with Crippen LogP contribution in [0.25, 0.3) is 0 Å². The third-order valence-electron chi connectivity index (χ3n) is 2.87. The van der Waals surface area contributed by atoms with Crippen molar-refractivity contribution in [3.05, 3.63) is 29.3 Å². The molecule has 1 saturated carbocycles. The Morgan fingerprint density at radius 3 is 2.86 bits per heavy atom. The molecule has 1 N–H and O–H groups in total. The van der Waals surface area contributed by atoms with Gasteiger partial charge in [0.15, 0.2) is 0 Å². The molecule has 1 aliphatic carbocycles. The van der Waals surface area contributed by atoms with E-state index in [0.717, 1.165) is 24.1 Å². The van der Waals surface area contributed by atoms with Crippen LogP contribution in [-0.4, -0.2) is 16.2 Å². The van der Waals surface area contributed by atoms with Crippen molar-refractivity contribution in [3.8, 4) is 0 Å². The van der Waals surface area contributed by atoms with Crippen molar-refractivity contribution < 1.29 is 9.50 Å². The van der Waals surface area contributed by atoms with Crippen molar-refractivity contribution in [2.75, 3.05) is 0 Å². The highest BCUT2D eigenvalue weighted by Crippen LogP contribution is 2.36. The highest BCUT2D eigenvalue weighted by Gasteiger charge is 2.29. The molecule has 1 fully saturated rings. The van der Waals surface area contributed by atoms with Crippen LogP contribution in [0.5, 0.6) is 0 Å². The Kier molecular flexibility index (Phi) is 2.50. The van der Waals surface area contributed by atoms with Gasteiger partial charge in [0.2, 0.25) is 0 Å².